The maximum Gasteiger partial charge on any atom is 0.338 e. The molecule has 0 bridgehead atoms. The van der Waals surface area contributed by atoms with Crippen molar-refractivity contribution in [1.82, 2.24) is 19.4 Å². The highest BCUT2D eigenvalue weighted by Gasteiger charge is 2.31. The largest absolute Gasteiger partial charge is 0.462 e. The number of ether oxygens (including phenoxy) is 1. The van der Waals surface area contributed by atoms with Crippen molar-refractivity contribution in [2.45, 2.75) is 32.7 Å². The van der Waals surface area contributed by atoms with Crippen LogP contribution in [0.15, 0.2) is 42.6 Å². The first-order valence-corrected chi connectivity index (χ1v) is 10.2. The molecule has 0 radical (unpaired) electrons. The molecule has 1 aromatic carbocycles. The predicted molar refractivity (Wildman–Crippen MR) is 114 cm³/mol. The minimum atomic E-state index is -0.369. The second kappa shape index (κ2) is 8.52. The summed E-state index contributed by atoms with van der Waals surface area (Å²) in [6.45, 7) is 6.24. The van der Waals surface area contributed by atoms with Crippen molar-refractivity contribution in [1.29, 1.82) is 0 Å². The number of nitrogens with zero attached hydrogens (tertiary/aromatic N) is 4. The number of imidazole rings is 1. The SMILES string of the molecule is CCOC(=O)c1ccc(NC(=O)N2CC[C@@H](c3nc4cccnc4n3CC)C2)cc1. The fraction of sp³-hybridized carbons (Fsp3) is 0.364. The Labute approximate surface area is 174 Å². The summed E-state index contributed by atoms with van der Waals surface area (Å²) in [5, 5.41) is 2.90. The van der Waals surface area contributed by atoms with E-state index in [-0.39, 0.29) is 17.9 Å². The van der Waals surface area contributed by atoms with Gasteiger partial charge in [-0.1, -0.05) is 0 Å². The summed E-state index contributed by atoms with van der Waals surface area (Å²) in [6, 6.07) is 10.4. The Kier molecular flexibility index (Phi) is 5.65. The van der Waals surface area contributed by atoms with Crippen molar-refractivity contribution in [3.8, 4) is 0 Å². The molecule has 0 spiro atoms. The highest BCUT2D eigenvalue weighted by molar-refractivity contribution is 5.92. The van der Waals surface area contributed by atoms with E-state index in [1.54, 1.807) is 42.3 Å². The number of carbonyl (C=O) groups is 2. The first-order valence-electron chi connectivity index (χ1n) is 10.2. The summed E-state index contributed by atoms with van der Waals surface area (Å²) in [4.78, 5) is 35.5. The molecule has 1 saturated heterocycles. The lowest BCUT2D eigenvalue weighted by Crippen LogP contribution is -2.33. The average molecular weight is 407 g/mol. The van der Waals surface area contributed by atoms with E-state index in [9.17, 15) is 9.59 Å². The number of aromatic nitrogens is 3. The van der Waals surface area contributed by atoms with E-state index in [0.717, 1.165) is 30.0 Å². The number of carbonyl (C=O) groups excluding carboxylic acids is 2. The number of nitrogens with one attached hydrogen (secondary N) is 1. The van der Waals surface area contributed by atoms with E-state index in [4.69, 9.17) is 9.72 Å². The van der Waals surface area contributed by atoms with Gasteiger partial charge in [0.05, 0.1) is 12.2 Å². The molecule has 0 saturated carbocycles. The quantitative estimate of drug-likeness (QED) is 0.652. The van der Waals surface area contributed by atoms with Crippen LogP contribution in [0.2, 0.25) is 0 Å². The monoisotopic (exact) mass is 407 g/mol. The topological polar surface area (TPSA) is 89.3 Å². The Morgan fingerprint density at radius 2 is 2.00 bits per heavy atom. The molecule has 1 aliphatic rings. The molecule has 3 heterocycles. The summed E-state index contributed by atoms with van der Waals surface area (Å²) >= 11 is 0. The molecule has 3 aromatic rings. The molecule has 156 valence electrons. The van der Waals surface area contributed by atoms with E-state index in [2.05, 4.69) is 21.8 Å². The Morgan fingerprint density at radius 1 is 1.20 bits per heavy atom. The van der Waals surface area contributed by atoms with Crippen LogP contribution in [0.4, 0.5) is 10.5 Å². The normalized spacial score (nSPS) is 16.1. The molecule has 1 N–H and O–H groups in total. The lowest BCUT2D eigenvalue weighted by molar-refractivity contribution is 0.0526. The van der Waals surface area contributed by atoms with E-state index in [1.807, 2.05) is 12.1 Å². The van der Waals surface area contributed by atoms with Gasteiger partial charge in [0.25, 0.3) is 0 Å². The fourth-order valence-electron chi connectivity index (χ4n) is 3.86. The molecule has 30 heavy (non-hydrogen) atoms. The van der Waals surface area contributed by atoms with Crippen molar-refractivity contribution in [2.24, 2.45) is 0 Å². The van der Waals surface area contributed by atoms with E-state index in [1.165, 1.54) is 0 Å². The van der Waals surface area contributed by atoms with Gasteiger partial charge in [-0.05, 0) is 56.7 Å². The molecule has 8 heteroatoms. The number of likely N-dealkylation sites (tertiary alicyclic amines) is 1. The number of fused-ring (bicyclic) bond motifs is 1. The maximum atomic E-state index is 12.7. The molecule has 2 aromatic heterocycles. The van der Waals surface area contributed by atoms with Crippen LogP contribution in [-0.2, 0) is 11.3 Å². The molecule has 8 nitrogen and oxygen atoms in total. The lowest BCUT2D eigenvalue weighted by Gasteiger charge is -2.18. The molecule has 1 atom stereocenters. The zero-order valence-electron chi connectivity index (χ0n) is 17.2. The number of esters is 1. The number of anilines is 1. The fourth-order valence-corrected chi connectivity index (χ4v) is 3.86. The average Bonchev–Trinajstić information content (AvgIpc) is 3.39. The number of hydrogen-bond donors (Lipinski definition) is 1. The van der Waals surface area contributed by atoms with Crippen LogP contribution in [0.1, 0.15) is 42.4 Å². The second-order valence-corrected chi connectivity index (χ2v) is 7.22. The van der Waals surface area contributed by atoms with Crippen molar-refractivity contribution >= 4 is 28.9 Å². The van der Waals surface area contributed by atoms with Crippen molar-refractivity contribution in [2.75, 3.05) is 25.0 Å². The second-order valence-electron chi connectivity index (χ2n) is 7.22. The van der Waals surface area contributed by atoms with Gasteiger partial charge in [-0.15, -0.1) is 0 Å². The molecule has 0 aliphatic carbocycles. The summed E-state index contributed by atoms with van der Waals surface area (Å²) in [5.41, 5.74) is 2.88. The Hall–Kier alpha value is -3.42. The van der Waals surface area contributed by atoms with Gasteiger partial charge < -0.3 is 19.5 Å². The van der Waals surface area contributed by atoms with E-state index >= 15 is 0 Å². The number of amides is 2. The highest BCUT2D eigenvalue weighted by Crippen LogP contribution is 2.29. The summed E-state index contributed by atoms with van der Waals surface area (Å²) < 4.78 is 7.11. The number of rotatable bonds is 5. The Bertz CT molecular complexity index is 1060. The van der Waals surface area contributed by atoms with Crippen molar-refractivity contribution < 1.29 is 14.3 Å². The number of benzene rings is 1. The first kappa shape index (κ1) is 19.9. The van der Waals surface area contributed by atoms with Crippen LogP contribution in [0.3, 0.4) is 0 Å². The zero-order chi connectivity index (χ0) is 21.1. The van der Waals surface area contributed by atoms with Crippen molar-refractivity contribution in [3.05, 3.63) is 54.0 Å². The predicted octanol–water partition coefficient (Wildman–Crippen LogP) is 3.65. The van der Waals surface area contributed by atoms with E-state index < -0.39 is 0 Å². The molecule has 1 fully saturated rings. The number of urea groups is 1. The van der Waals surface area contributed by atoms with Gasteiger partial charge in [-0.2, -0.15) is 0 Å². The summed E-state index contributed by atoms with van der Waals surface area (Å²) in [6.07, 6.45) is 2.64. The minimum Gasteiger partial charge on any atom is -0.462 e. The van der Waals surface area contributed by atoms with Crippen LogP contribution < -0.4 is 5.32 Å². The zero-order valence-corrected chi connectivity index (χ0v) is 17.2. The summed E-state index contributed by atoms with van der Waals surface area (Å²) in [5.74, 6) is 0.794. The van der Waals surface area contributed by atoms with Gasteiger partial charge in [-0.25, -0.2) is 19.6 Å². The van der Waals surface area contributed by atoms with Crippen LogP contribution in [0, 0.1) is 0 Å². The molecule has 1 aliphatic heterocycles. The van der Waals surface area contributed by atoms with Gasteiger partial charge in [0.15, 0.2) is 5.65 Å². The minimum absolute atomic E-state index is 0.154. The van der Waals surface area contributed by atoms with Crippen LogP contribution in [0.25, 0.3) is 11.2 Å². The number of aryl methyl sites for hydroxylation is 1. The molecule has 4 rings (SSSR count). The standard InChI is InChI=1S/C22H25N5O3/c1-3-27-19(25-18-6-5-12-23-20(18)27)16-11-13-26(14-16)22(29)24-17-9-7-15(8-10-17)21(28)30-4-2/h5-10,12,16H,3-4,11,13-14H2,1-2H3,(H,24,29)/t16-/m1/s1. The number of pyridine rings is 1. The molecule has 2 amide bonds. The number of hydrogen-bond acceptors (Lipinski definition) is 5. The first-order chi connectivity index (χ1) is 14.6. The third-order valence-electron chi connectivity index (χ3n) is 5.34. The van der Waals surface area contributed by atoms with Gasteiger partial charge in [0, 0.05) is 37.4 Å². The third kappa shape index (κ3) is 3.85. The van der Waals surface area contributed by atoms with Gasteiger partial charge in [0.1, 0.15) is 11.3 Å². The lowest BCUT2D eigenvalue weighted by atomic mass is 10.1. The van der Waals surface area contributed by atoms with E-state index in [0.29, 0.717) is 30.9 Å². The van der Waals surface area contributed by atoms with Gasteiger partial charge in [0.2, 0.25) is 0 Å². The maximum absolute atomic E-state index is 12.7. The van der Waals surface area contributed by atoms with Gasteiger partial charge in [-0.3, -0.25) is 0 Å². The Morgan fingerprint density at radius 3 is 2.73 bits per heavy atom. The van der Waals surface area contributed by atoms with Crippen LogP contribution in [0.5, 0.6) is 0 Å². The highest BCUT2D eigenvalue weighted by atomic mass is 16.5. The third-order valence-corrected chi connectivity index (χ3v) is 5.34. The summed E-state index contributed by atoms with van der Waals surface area (Å²) in [7, 11) is 0. The Balaban J connectivity index is 1.42. The van der Waals surface area contributed by atoms with Gasteiger partial charge >= 0.3 is 12.0 Å². The molecular formula is C22H25N5O3. The van der Waals surface area contributed by atoms with Crippen molar-refractivity contribution in [3.63, 3.8) is 0 Å². The smallest absolute Gasteiger partial charge is 0.338 e. The van der Waals surface area contributed by atoms with Crippen LogP contribution in [-0.4, -0.2) is 51.1 Å². The molecule has 0 unspecified atom stereocenters. The molecular weight excluding hydrogens is 382 g/mol. The van der Waals surface area contributed by atoms with Crippen LogP contribution >= 0.6 is 0 Å².